The first-order chi connectivity index (χ1) is 8.35. The maximum Gasteiger partial charge on any atom is 0.00966 e. The molecule has 3 aliphatic rings. The molecule has 1 heterocycles. The highest BCUT2D eigenvalue weighted by atomic mass is 15.2. The van der Waals surface area contributed by atoms with E-state index < -0.39 is 0 Å². The van der Waals surface area contributed by atoms with Crippen molar-refractivity contribution in [3.63, 3.8) is 0 Å². The molecule has 2 atom stereocenters. The van der Waals surface area contributed by atoms with Gasteiger partial charge >= 0.3 is 0 Å². The van der Waals surface area contributed by atoms with Crippen molar-refractivity contribution in [2.24, 2.45) is 11.8 Å². The van der Waals surface area contributed by atoms with Crippen LogP contribution in [-0.4, -0.2) is 37.1 Å². The minimum Gasteiger partial charge on any atom is -0.317 e. The number of piperidine rings is 1. The van der Waals surface area contributed by atoms with Crippen molar-refractivity contribution in [1.82, 2.24) is 10.2 Å². The van der Waals surface area contributed by atoms with E-state index in [4.69, 9.17) is 0 Å². The molecule has 2 saturated carbocycles. The molecule has 0 spiro atoms. The minimum absolute atomic E-state index is 0.801. The fraction of sp³-hybridized carbons (Fsp3) is 1.00. The van der Waals surface area contributed by atoms with Gasteiger partial charge in [-0.1, -0.05) is 6.42 Å². The molecule has 0 radical (unpaired) electrons. The molecule has 2 nitrogen and oxygen atoms in total. The third-order valence-electron chi connectivity index (χ3n) is 5.50. The topological polar surface area (TPSA) is 15.3 Å². The van der Waals surface area contributed by atoms with E-state index in [-0.39, 0.29) is 0 Å². The van der Waals surface area contributed by atoms with Crippen molar-refractivity contribution >= 4 is 0 Å². The van der Waals surface area contributed by atoms with Crippen LogP contribution in [0.4, 0.5) is 0 Å². The second-order valence-electron chi connectivity index (χ2n) is 6.65. The molecule has 2 aliphatic carbocycles. The highest BCUT2D eigenvalue weighted by Gasteiger charge is 2.34. The van der Waals surface area contributed by atoms with Crippen molar-refractivity contribution in [2.45, 2.75) is 63.5 Å². The summed E-state index contributed by atoms with van der Waals surface area (Å²) in [5.74, 6) is 2.09. The summed E-state index contributed by atoms with van der Waals surface area (Å²) in [6.07, 6.45) is 11.7. The van der Waals surface area contributed by atoms with Crippen LogP contribution in [0.5, 0.6) is 0 Å². The van der Waals surface area contributed by atoms with E-state index in [9.17, 15) is 0 Å². The first-order valence-electron chi connectivity index (χ1n) is 7.76. The Morgan fingerprint density at radius 2 is 1.53 bits per heavy atom. The molecule has 2 bridgehead atoms. The zero-order valence-corrected chi connectivity index (χ0v) is 11.3. The van der Waals surface area contributed by atoms with E-state index in [1.54, 1.807) is 6.42 Å². The number of rotatable bonds is 2. The summed E-state index contributed by atoms with van der Waals surface area (Å²) in [7, 11) is 2.12. The van der Waals surface area contributed by atoms with Crippen LogP contribution in [0.3, 0.4) is 0 Å². The van der Waals surface area contributed by atoms with Crippen LogP contribution < -0.4 is 5.32 Å². The van der Waals surface area contributed by atoms with Gasteiger partial charge < -0.3 is 5.32 Å². The standard InChI is InChI=1S/C15H28N2/c1-16-14-5-7-15(8-6-14)17-10-12-3-2-4-13(9-12)11-17/h12-16H,2-11H2,1H3. The van der Waals surface area contributed by atoms with Gasteiger partial charge in [-0.15, -0.1) is 0 Å². The summed E-state index contributed by atoms with van der Waals surface area (Å²) in [4.78, 5) is 2.86. The molecule has 1 saturated heterocycles. The highest BCUT2D eigenvalue weighted by molar-refractivity contribution is 4.89. The molecular weight excluding hydrogens is 208 g/mol. The Morgan fingerprint density at radius 3 is 2.12 bits per heavy atom. The van der Waals surface area contributed by atoms with Crippen molar-refractivity contribution in [2.75, 3.05) is 20.1 Å². The average molecular weight is 236 g/mol. The highest BCUT2D eigenvalue weighted by Crippen LogP contribution is 2.37. The van der Waals surface area contributed by atoms with E-state index in [0.717, 1.165) is 23.9 Å². The first kappa shape index (κ1) is 12.0. The summed E-state index contributed by atoms with van der Waals surface area (Å²) < 4.78 is 0. The van der Waals surface area contributed by atoms with Gasteiger partial charge in [0.2, 0.25) is 0 Å². The van der Waals surface area contributed by atoms with Crippen LogP contribution in [0.1, 0.15) is 51.4 Å². The second kappa shape index (κ2) is 5.27. The number of nitrogens with zero attached hydrogens (tertiary/aromatic N) is 1. The van der Waals surface area contributed by atoms with E-state index >= 15 is 0 Å². The number of hydrogen-bond donors (Lipinski definition) is 1. The van der Waals surface area contributed by atoms with Gasteiger partial charge in [-0.25, -0.2) is 0 Å². The Labute approximate surface area is 106 Å². The number of likely N-dealkylation sites (tertiary alicyclic amines) is 1. The van der Waals surface area contributed by atoms with Gasteiger partial charge in [0.25, 0.3) is 0 Å². The molecule has 0 amide bonds. The van der Waals surface area contributed by atoms with Crippen LogP contribution in [0.15, 0.2) is 0 Å². The molecular formula is C15H28N2. The average Bonchev–Trinajstić information content (AvgIpc) is 2.38. The lowest BCUT2D eigenvalue weighted by atomic mass is 9.76. The summed E-state index contributed by atoms with van der Waals surface area (Å²) in [6, 6.07) is 1.72. The van der Waals surface area contributed by atoms with E-state index in [0.29, 0.717) is 0 Å². The number of hydrogen-bond acceptors (Lipinski definition) is 2. The van der Waals surface area contributed by atoms with E-state index in [2.05, 4.69) is 17.3 Å². The summed E-state index contributed by atoms with van der Waals surface area (Å²) in [6.45, 7) is 2.84. The zero-order valence-electron chi connectivity index (χ0n) is 11.3. The molecule has 1 aliphatic heterocycles. The van der Waals surface area contributed by atoms with Crippen LogP contribution in [0.2, 0.25) is 0 Å². The number of fused-ring (bicyclic) bond motifs is 2. The van der Waals surface area contributed by atoms with Gasteiger partial charge in [0, 0.05) is 25.2 Å². The molecule has 0 aromatic carbocycles. The van der Waals surface area contributed by atoms with Gasteiger partial charge in [0.1, 0.15) is 0 Å². The van der Waals surface area contributed by atoms with Gasteiger partial charge in [-0.2, -0.15) is 0 Å². The Morgan fingerprint density at radius 1 is 0.882 bits per heavy atom. The maximum absolute atomic E-state index is 3.45. The smallest absolute Gasteiger partial charge is 0.00966 e. The fourth-order valence-electron chi connectivity index (χ4n) is 4.50. The molecule has 3 fully saturated rings. The van der Waals surface area contributed by atoms with E-state index in [1.807, 2.05) is 0 Å². The molecule has 98 valence electrons. The molecule has 2 heteroatoms. The normalized spacial score (nSPS) is 43.6. The Hall–Kier alpha value is -0.0800. The molecule has 1 N–H and O–H groups in total. The summed E-state index contributed by atoms with van der Waals surface area (Å²) in [5.41, 5.74) is 0. The summed E-state index contributed by atoms with van der Waals surface area (Å²) >= 11 is 0. The van der Waals surface area contributed by atoms with Crippen LogP contribution >= 0.6 is 0 Å². The van der Waals surface area contributed by atoms with E-state index in [1.165, 1.54) is 58.0 Å². The Kier molecular flexibility index (Phi) is 3.72. The molecule has 17 heavy (non-hydrogen) atoms. The Bertz CT molecular complexity index is 233. The predicted molar refractivity (Wildman–Crippen MR) is 72.1 cm³/mol. The van der Waals surface area contributed by atoms with Crippen LogP contribution in [0, 0.1) is 11.8 Å². The van der Waals surface area contributed by atoms with Crippen molar-refractivity contribution < 1.29 is 0 Å². The predicted octanol–water partition coefficient (Wildman–Crippen LogP) is 2.64. The Balaban J connectivity index is 1.54. The quantitative estimate of drug-likeness (QED) is 0.793. The SMILES string of the molecule is CNC1CCC(N2CC3CCCC(C3)C2)CC1. The third-order valence-corrected chi connectivity index (χ3v) is 5.50. The van der Waals surface area contributed by atoms with Crippen molar-refractivity contribution in [3.05, 3.63) is 0 Å². The number of nitrogens with one attached hydrogen (secondary N) is 1. The fourth-order valence-corrected chi connectivity index (χ4v) is 4.50. The summed E-state index contributed by atoms with van der Waals surface area (Å²) in [5, 5.41) is 3.45. The third kappa shape index (κ3) is 2.68. The van der Waals surface area contributed by atoms with Crippen LogP contribution in [0.25, 0.3) is 0 Å². The first-order valence-corrected chi connectivity index (χ1v) is 7.76. The molecule has 2 unspecified atom stereocenters. The largest absolute Gasteiger partial charge is 0.317 e. The van der Waals surface area contributed by atoms with Gasteiger partial charge in [0.15, 0.2) is 0 Å². The maximum atomic E-state index is 3.45. The molecule has 3 rings (SSSR count). The van der Waals surface area contributed by atoms with Gasteiger partial charge in [-0.3, -0.25) is 4.90 Å². The van der Waals surface area contributed by atoms with Gasteiger partial charge in [-0.05, 0) is 63.8 Å². The van der Waals surface area contributed by atoms with Crippen molar-refractivity contribution in [1.29, 1.82) is 0 Å². The second-order valence-corrected chi connectivity index (χ2v) is 6.65. The molecule has 0 aromatic heterocycles. The lowest BCUT2D eigenvalue weighted by molar-refractivity contribution is 0.0367. The van der Waals surface area contributed by atoms with Gasteiger partial charge in [0.05, 0.1) is 0 Å². The molecule has 0 aromatic rings. The van der Waals surface area contributed by atoms with Crippen LogP contribution in [-0.2, 0) is 0 Å². The lowest BCUT2D eigenvalue weighted by Crippen LogP contribution is -2.49. The monoisotopic (exact) mass is 236 g/mol. The minimum atomic E-state index is 0.801. The lowest BCUT2D eigenvalue weighted by Gasteiger charge is -2.46. The van der Waals surface area contributed by atoms with Crippen molar-refractivity contribution in [3.8, 4) is 0 Å². The zero-order chi connectivity index (χ0) is 11.7.